The third-order valence-electron chi connectivity index (χ3n) is 2.85. The van der Waals surface area contributed by atoms with Crippen molar-refractivity contribution in [3.8, 4) is 5.75 Å². The van der Waals surface area contributed by atoms with E-state index in [1.807, 2.05) is 25.1 Å². The fourth-order valence-electron chi connectivity index (χ4n) is 1.75. The Morgan fingerprint density at radius 2 is 2.00 bits per heavy atom. The van der Waals surface area contributed by atoms with E-state index in [9.17, 15) is 9.90 Å². The lowest BCUT2D eigenvalue weighted by Crippen LogP contribution is -2.02. The van der Waals surface area contributed by atoms with Crippen LogP contribution in [0.1, 0.15) is 28.0 Å². The summed E-state index contributed by atoms with van der Waals surface area (Å²) in [7, 11) is 0. The summed E-state index contributed by atoms with van der Waals surface area (Å²) in [5.41, 5.74) is 2.31. The van der Waals surface area contributed by atoms with Crippen LogP contribution in [0.3, 0.4) is 0 Å². The van der Waals surface area contributed by atoms with Crippen LogP contribution in [0.5, 0.6) is 5.75 Å². The second kappa shape index (κ2) is 5.45. The molecule has 0 aliphatic heterocycles. The van der Waals surface area contributed by atoms with Gasteiger partial charge in [0, 0.05) is 23.9 Å². The van der Waals surface area contributed by atoms with E-state index in [2.05, 4.69) is 4.98 Å². The lowest BCUT2D eigenvalue weighted by molar-refractivity contribution is 0.0982. The van der Waals surface area contributed by atoms with Gasteiger partial charge in [-0.25, -0.2) is 0 Å². The molecule has 0 bridgehead atoms. The minimum Gasteiger partial charge on any atom is -0.508 e. The Hall–Kier alpha value is -2.16. The minimum absolute atomic E-state index is 0.0470. The van der Waals surface area contributed by atoms with Crippen LogP contribution in [0.15, 0.2) is 42.6 Å². The van der Waals surface area contributed by atoms with Gasteiger partial charge in [0.25, 0.3) is 0 Å². The van der Waals surface area contributed by atoms with Gasteiger partial charge in [0.2, 0.25) is 0 Å². The summed E-state index contributed by atoms with van der Waals surface area (Å²) in [6.45, 7) is 1.89. The fourth-order valence-corrected chi connectivity index (χ4v) is 1.75. The maximum Gasteiger partial charge on any atom is 0.164 e. The molecule has 3 nitrogen and oxygen atoms in total. The SMILES string of the molecule is Cc1ccc(C(=O)CCc2ccccc2O)cn1. The first-order valence-corrected chi connectivity index (χ1v) is 5.89. The van der Waals surface area contributed by atoms with E-state index in [1.165, 1.54) is 0 Å². The van der Waals surface area contributed by atoms with E-state index in [4.69, 9.17) is 0 Å². The van der Waals surface area contributed by atoms with E-state index >= 15 is 0 Å². The number of pyridine rings is 1. The standard InChI is InChI=1S/C15H15NO2/c1-11-6-7-13(10-16-11)15(18)9-8-12-4-2-3-5-14(12)17/h2-7,10,17H,8-9H2,1H3. The quantitative estimate of drug-likeness (QED) is 0.837. The molecule has 1 aromatic heterocycles. The number of carbonyl (C=O) groups is 1. The predicted octanol–water partition coefficient (Wildman–Crippen LogP) is 2.91. The number of rotatable bonds is 4. The molecule has 1 aromatic carbocycles. The van der Waals surface area contributed by atoms with Gasteiger partial charge in [0.1, 0.15) is 5.75 Å². The molecule has 0 saturated carbocycles. The number of nitrogens with zero attached hydrogens (tertiary/aromatic N) is 1. The van der Waals surface area contributed by atoms with E-state index in [1.54, 1.807) is 24.4 Å². The Balaban J connectivity index is 2.01. The van der Waals surface area contributed by atoms with E-state index < -0.39 is 0 Å². The number of aromatic nitrogens is 1. The van der Waals surface area contributed by atoms with Gasteiger partial charge in [0.05, 0.1) is 0 Å². The average molecular weight is 241 g/mol. The molecule has 1 N–H and O–H groups in total. The highest BCUT2D eigenvalue weighted by Crippen LogP contribution is 2.18. The zero-order valence-corrected chi connectivity index (χ0v) is 10.3. The number of ketones is 1. The molecule has 0 unspecified atom stereocenters. The highest BCUT2D eigenvalue weighted by atomic mass is 16.3. The van der Waals surface area contributed by atoms with Crippen molar-refractivity contribution in [2.24, 2.45) is 0 Å². The summed E-state index contributed by atoms with van der Waals surface area (Å²) in [5, 5.41) is 9.61. The molecule has 0 saturated heterocycles. The van der Waals surface area contributed by atoms with Crippen LogP contribution in [0.2, 0.25) is 0 Å². The number of carbonyl (C=O) groups excluding carboxylic acids is 1. The summed E-state index contributed by atoms with van der Waals surface area (Å²) < 4.78 is 0. The molecule has 0 amide bonds. The van der Waals surface area contributed by atoms with Crippen LogP contribution in [0, 0.1) is 6.92 Å². The molecule has 0 fully saturated rings. The van der Waals surface area contributed by atoms with Gasteiger partial charge in [-0.1, -0.05) is 18.2 Å². The van der Waals surface area contributed by atoms with Gasteiger partial charge in [0.15, 0.2) is 5.78 Å². The molecule has 92 valence electrons. The Labute approximate surface area is 106 Å². The van der Waals surface area contributed by atoms with Gasteiger partial charge < -0.3 is 5.11 Å². The molecule has 0 aliphatic rings. The van der Waals surface area contributed by atoms with Crippen LogP contribution >= 0.6 is 0 Å². The number of para-hydroxylation sites is 1. The Morgan fingerprint density at radius 3 is 2.67 bits per heavy atom. The van der Waals surface area contributed by atoms with E-state index in [0.717, 1.165) is 11.3 Å². The number of hydrogen-bond donors (Lipinski definition) is 1. The maximum atomic E-state index is 11.9. The van der Waals surface area contributed by atoms with Gasteiger partial charge in [-0.05, 0) is 37.1 Å². The van der Waals surface area contributed by atoms with Crippen LogP contribution in [0.25, 0.3) is 0 Å². The average Bonchev–Trinajstić information content (AvgIpc) is 2.38. The molecule has 0 atom stereocenters. The Bertz CT molecular complexity index is 547. The Morgan fingerprint density at radius 1 is 1.22 bits per heavy atom. The first-order valence-electron chi connectivity index (χ1n) is 5.89. The highest BCUT2D eigenvalue weighted by molar-refractivity contribution is 5.95. The normalized spacial score (nSPS) is 10.3. The highest BCUT2D eigenvalue weighted by Gasteiger charge is 2.08. The zero-order chi connectivity index (χ0) is 13.0. The van der Waals surface area contributed by atoms with Crippen molar-refractivity contribution in [1.82, 2.24) is 4.98 Å². The van der Waals surface area contributed by atoms with Crippen LogP contribution in [-0.4, -0.2) is 15.9 Å². The summed E-state index contributed by atoms with van der Waals surface area (Å²) >= 11 is 0. The van der Waals surface area contributed by atoms with Crippen molar-refractivity contribution in [2.75, 3.05) is 0 Å². The molecule has 3 heteroatoms. The molecule has 0 spiro atoms. The van der Waals surface area contributed by atoms with Crippen molar-refractivity contribution in [1.29, 1.82) is 0 Å². The van der Waals surface area contributed by atoms with Gasteiger partial charge in [-0.3, -0.25) is 9.78 Å². The topological polar surface area (TPSA) is 50.2 Å². The molecule has 2 rings (SSSR count). The fraction of sp³-hybridized carbons (Fsp3) is 0.200. The monoisotopic (exact) mass is 241 g/mol. The smallest absolute Gasteiger partial charge is 0.164 e. The number of hydrogen-bond acceptors (Lipinski definition) is 3. The van der Waals surface area contributed by atoms with E-state index in [0.29, 0.717) is 18.4 Å². The third-order valence-corrected chi connectivity index (χ3v) is 2.85. The molecule has 18 heavy (non-hydrogen) atoms. The predicted molar refractivity (Wildman–Crippen MR) is 69.7 cm³/mol. The summed E-state index contributed by atoms with van der Waals surface area (Å²) in [6.07, 6.45) is 2.52. The number of aryl methyl sites for hydroxylation is 2. The van der Waals surface area contributed by atoms with Crippen molar-refractivity contribution in [3.63, 3.8) is 0 Å². The molecular weight excluding hydrogens is 226 g/mol. The van der Waals surface area contributed by atoms with Crippen LogP contribution in [-0.2, 0) is 6.42 Å². The second-order valence-corrected chi connectivity index (χ2v) is 4.24. The van der Waals surface area contributed by atoms with Gasteiger partial charge >= 0.3 is 0 Å². The van der Waals surface area contributed by atoms with Crippen LogP contribution < -0.4 is 0 Å². The summed E-state index contributed by atoms with van der Waals surface area (Å²) in [5.74, 6) is 0.290. The number of phenolic OH excluding ortho intramolecular Hbond substituents is 1. The molecule has 2 aromatic rings. The first kappa shape index (κ1) is 12.3. The van der Waals surface area contributed by atoms with Crippen LogP contribution in [0.4, 0.5) is 0 Å². The van der Waals surface area contributed by atoms with Crippen molar-refractivity contribution >= 4 is 5.78 Å². The number of phenols is 1. The van der Waals surface area contributed by atoms with Gasteiger partial charge in [-0.2, -0.15) is 0 Å². The number of benzene rings is 1. The summed E-state index contributed by atoms with van der Waals surface area (Å²) in [6, 6.07) is 10.7. The third kappa shape index (κ3) is 2.94. The summed E-state index contributed by atoms with van der Waals surface area (Å²) in [4.78, 5) is 16.0. The second-order valence-electron chi connectivity index (χ2n) is 4.24. The maximum absolute atomic E-state index is 11.9. The number of Topliss-reactive ketones (excluding diaryl/α,β-unsaturated/α-hetero) is 1. The zero-order valence-electron chi connectivity index (χ0n) is 10.3. The van der Waals surface area contributed by atoms with Crippen molar-refractivity contribution in [2.45, 2.75) is 19.8 Å². The Kier molecular flexibility index (Phi) is 3.72. The molecule has 1 heterocycles. The lowest BCUT2D eigenvalue weighted by Gasteiger charge is -2.04. The van der Waals surface area contributed by atoms with Crippen molar-refractivity contribution < 1.29 is 9.90 Å². The minimum atomic E-state index is 0.0470. The van der Waals surface area contributed by atoms with Gasteiger partial charge in [-0.15, -0.1) is 0 Å². The molecule has 0 radical (unpaired) electrons. The lowest BCUT2D eigenvalue weighted by atomic mass is 10.0. The number of aromatic hydroxyl groups is 1. The largest absolute Gasteiger partial charge is 0.508 e. The van der Waals surface area contributed by atoms with E-state index in [-0.39, 0.29) is 11.5 Å². The molecule has 0 aliphatic carbocycles. The van der Waals surface area contributed by atoms with Crippen molar-refractivity contribution in [3.05, 3.63) is 59.4 Å². The molecular formula is C15H15NO2. The first-order chi connectivity index (χ1) is 8.66.